The number of anilines is 2. The molecule has 0 spiro atoms. The molecule has 7 nitrogen and oxygen atoms in total. The minimum atomic E-state index is -0.477. The number of hydrogen-bond donors (Lipinski definition) is 3. The third kappa shape index (κ3) is 8.92. The van der Waals surface area contributed by atoms with Crippen molar-refractivity contribution in [2.45, 2.75) is 23.5 Å². The lowest BCUT2D eigenvalue weighted by atomic mass is 10.1. The van der Waals surface area contributed by atoms with Gasteiger partial charge >= 0.3 is 0 Å². The first kappa shape index (κ1) is 31.7. The summed E-state index contributed by atoms with van der Waals surface area (Å²) in [5.41, 5.74) is 3.50. The lowest BCUT2D eigenvalue weighted by molar-refractivity contribution is -0.116. The van der Waals surface area contributed by atoms with Gasteiger partial charge in [-0.3, -0.25) is 14.4 Å². The van der Waals surface area contributed by atoms with E-state index in [1.165, 1.54) is 23.1 Å². The second kappa shape index (κ2) is 15.3. The minimum Gasteiger partial charge on any atom is -0.321 e. The molecule has 1 unspecified atom stereocenters. The average Bonchev–Trinajstić information content (AvgIpc) is 3.53. The van der Waals surface area contributed by atoms with E-state index in [0.717, 1.165) is 21.7 Å². The van der Waals surface area contributed by atoms with Crippen LogP contribution in [0, 0.1) is 0 Å². The smallest absolute Gasteiger partial charge is 0.272 e. The zero-order valence-electron chi connectivity index (χ0n) is 24.2. The maximum atomic E-state index is 13.4. The van der Waals surface area contributed by atoms with Crippen LogP contribution in [-0.4, -0.2) is 28.0 Å². The van der Waals surface area contributed by atoms with Crippen LogP contribution in [0.1, 0.15) is 29.3 Å². The van der Waals surface area contributed by atoms with Gasteiger partial charge in [-0.15, -0.1) is 23.1 Å². The molecule has 3 amide bonds. The summed E-state index contributed by atoms with van der Waals surface area (Å²) >= 11 is 8.75. The van der Waals surface area contributed by atoms with Gasteiger partial charge in [-0.1, -0.05) is 85.3 Å². The molecule has 1 heterocycles. The van der Waals surface area contributed by atoms with E-state index in [1.807, 2.05) is 73.0 Å². The fraction of sp³-hybridized carbons (Fsp3) is 0.0857. The number of thioether (sulfide) groups is 1. The van der Waals surface area contributed by atoms with Crippen LogP contribution < -0.4 is 16.0 Å². The molecule has 0 fully saturated rings. The van der Waals surface area contributed by atoms with Gasteiger partial charge in [0.25, 0.3) is 11.8 Å². The Morgan fingerprint density at radius 1 is 0.889 bits per heavy atom. The van der Waals surface area contributed by atoms with Crippen LogP contribution in [0.2, 0.25) is 5.02 Å². The molecular weight excluding hydrogens is 624 g/mol. The zero-order valence-corrected chi connectivity index (χ0v) is 26.6. The molecule has 3 N–H and O–H groups in total. The number of hydrogen-bond acceptors (Lipinski definition) is 6. The predicted molar refractivity (Wildman–Crippen MR) is 185 cm³/mol. The van der Waals surface area contributed by atoms with E-state index in [1.54, 1.807) is 54.6 Å². The Labute approximate surface area is 274 Å². The summed E-state index contributed by atoms with van der Waals surface area (Å²) < 4.78 is 0. The third-order valence-corrected chi connectivity index (χ3v) is 8.91. The Hall–Kier alpha value is -4.70. The van der Waals surface area contributed by atoms with Gasteiger partial charge in [0.2, 0.25) is 5.91 Å². The number of carbonyl (C=O) groups excluding carboxylic acids is 3. The van der Waals surface area contributed by atoms with Crippen molar-refractivity contribution in [3.63, 3.8) is 0 Å². The summed E-state index contributed by atoms with van der Waals surface area (Å²) in [5.74, 6) is -1.03. The molecular formula is C35H29ClN4O3S2. The standard InChI is InChI=1S/C35H29ClN4O3S2/c1-2-31(34(43)40-35-39-30(22-44-35)24-16-18-26(36)19-17-24)45-28-15-9-14-27(21-28)37-33(42)29(20-23-10-5-3-6-11-23)38-32(41)25-12-7-4-8-13-25/h3-22,31H,2H2,1H3,(H,37,42)(H,38,41)(H,39,40,43)/b29-20-. The molecule has 0 radical (unpaired) electrons. The summed E-state index contributed by atoms with van der Waals surface area (Å²) in [7, 11) is 0. The number of aromatic nitrogens is 1. The summed E-state index contributed by atoms with van der Waals surface area (Å²) in [6.07, 6.45) is 2.21. The Kier molecular flexibility index (Phi) is 10.8. The average molecular weight is 653 g/mol. The number of amides is 3. The van der Waals surface area contributed by atoms with Crippen LogP contribution in [-0.2, 0) is 9.59 Å². The Bertz CT molecular complexity index is 1810. The van der Waals surface area contributed by atoms with E-state index in [9.17, 15) is 14.4 Å². The molecule has 4 aromatic carbocycles. The van der Waals surface area contributed by atoms with E-state index in [4.69, 9.17) is 11.6 Å². The van der Waals surface area contributed by atoms with E-state index >= 15 is 0 Å². The Morgan fingerprint density at radius 2 is 1.60 bits per heavy atom. The molecule has 10 heteroatoms. The monoisotopic (exact) mass is 652 g/mol. The normalized spacial score (nSPS) is 11.8. The number of nitrogens with zero attached hydrogens (tertiary/aromatic N) is 1. The first-order valence-corrected chi connectivity index (χ1v) is 16.2. The molecule has 0 saturated heterocycles. The number of carbonyl (C=O) groups is 3. The number of benzene rings is 4. The SMILES string of the molecule is CCC(Sc1cccc(NC(=O)/C(=C/c2ccccc2)NC(=O)c2ccccc2)c1)C(=O)Nc1nc(-c2ccc(Cl)cc2)cs1. The van der Waals surface area contributed by atoms with E-state index < -0.39 is 17.1 Å². The summed E-state index contributed by atoms with van der Waals surface area (Å²) in [6, 6.07) is 32.6. The maximum absolute atomic E-state index is 13.4. The highest BCUT2D eigenvalue weighted by Gasteiger charge is 2.20. The van der Waals surface area contributed by atoms with Gasteiger partial charge in [0.05, 0.1) is 10.9 Å². The van der Waals surface area contributed by atoms with Crippen molar-refractivity contribution in [2.75, 3.05) is 10.6 Å². The Balaban J connectivity index is 1.26. The summed E-state index contributed by atoms with van der Waals surface area (Å²) in [5, 5.41) is 11.2. The van der Waals surface area contributed by atoms with Crippen molar-refractivity contribution < 1.29 is 14.4 Å². The van der Waals surface area contributed by atoms with Gasteiger partial charge in [-0.2, -0.15) is 0 Å². The lowest BCUT2D eigenvalue weighted by Crippen LogP contribution is -2.30. The molecule has 0 aliphatic rings. The fourth-order valence-electron chi connectivity index (χ4n) is 4.26. The van der Waals surface area contributed by atoms with Gasteiger partial charge in [-0.05, 0) is 60.5 Å². The molecule has 0 saturated carbocycles. The summed E-state index contributed by atoms with van der Waals surface area (Å²) in [4.78, 5) is 44.9. The van der Waals surface area contributed by atoms with Crippen LogP contribution in [0.3, 0.4) is 0 Å². The second-order valence-corrected chi connectivity index (χ2v) is 12.4. The van der Waals surface area contributed by atoms with Crippen LogP contribution in [0.15, 0.2) is 125 Å². The van der Waals surface area contributed by atoms with Gasteiger partial charge in [0.15, 0.2) is 5.13 Å². The number of thiazole rings is 1. The molecule has 0 aliphatic heterocycles. The van der Waals surface area contributed by atoms with E-state index in [2.05, 4.69) is 20.9 Å². The number of rotatable bonds is 11. The maximum Gasteiger partial charge on any atom is 0.272 e. The largest absolute Gasteiger partial charge is 0.321 e. The van der Waals surface area contributed by atoms with Crippen molar-refractivity contribution in [1.82, 2.24) is 10.3 Å². The molecule has 0 aliphatic carbocycles. The van der Waals surface area contributed by atoms with Gasteiger partial charge in [0, 0.05) is 32.1 Å². The zero-order chi connectivity index (χ0) is 31.6. The van der Waals surface area contributed by atoms with Crippen LogP contribution in [0.25, 0.3) is 17.3 Å². The Morgan fingerprint density at radius 3 is 2.31 bits per heavy atom. The molecule has 5 aromatic rings. The van der Waals surface area contributed by atoms with Gasteiger partial charge in [0.1, 0.15) is 5.70 Å². The van der Waals surface area contributed by atoms with Crippen molar-refractivity contribution >= 4 is 69.3 Å². The molecule has 1 aromatic heterocycles. The van der Waals surface area contributed by atoms with Crippen molar-refractivity contribution in [3.05, 3.63) is 136 Å². The van der Waals surface area contributed by atoms with Gasteiger partial charge < -0.3 is 16.0 Å². The van der Waals surface area contributed by atoms with E-state index in [0.29, 0.717) is 27.8 Å². The fourth-order valence-corrected chi connectivity index (χ4v) is 6.12. The molecule has 1 atom stereocenters. The van der Waals surface area contributed by atoms with Crippen LogP contribution in [0.5, 0.6) is 0 Å². The molecule has 226 valence electrons. The third-order valence-electron chi connectivity index (χ3n) is 6.55. The topological polar surface area (TPSA) is 100 Å². The molecule has 0 bridgehead atoms. The van der Waals surface area contributed by atoms with Crippen LogP contribution in [0.4, 0.5) is 10.8 Å². The number of nitrogens with one attached hydrogen (secondary N) is 3. The predicted octanol–water partition coefficient (Wildman–Crippen LogP) is 8.38. The highest BCUT2D eigenvalue weighted by molar-refractivity contribution is 8.00. The first-order chi connectivity index (χ1) is 21.9. The van der Waals surface area contributed by atoms with Crippen LogP contribution >= 0.6 is 34.7 Å². The van der Waals surface area contributed by atoms with Crippen molar-refractivity contribution in [1.29, 1.82) is 0 Å². The van der Waals surface area contributed by atoms with Gasteiger partial charge in [-0.25, -0.2) is 4.98 Å². The van der Waals surface area contributed by atoms with E-state index in [-0.39, 0.29) is 11.6 Å². The minimum absolute atomic E-state index is 0.0975. The van der Waals surface area contributed by atoms with Crippen molar-refractivity contribution in [2.24, 2.45) is 0 Å². The summed E-state index contributed by atoms with van der Waals surface area (Å²) in [6.45, 7) is 1.94. The molecule has 5 rings (SSSR count). The first-order valence-electron chi connectivity index (χ1n) is 14.1. The van der Waals surface area contributed by atoms with Crippen molar-refractivity contribution in [3.8, 4) is 11.3 Å². The second-order valence-electron chi connectivity index (χ2n) is 9.82. The quantitative estimate of drug-likeness (QED) is 0.0983. The highest BCUT2D eigenvalue weighted by atomic mass is 35.5. The highest BCUT2D eigenvalue weighted by Crippen LogP contribution is 2.30. The molecule has 45 heavy (non-hydrogen) atoms. The number of halogens is 1. The lowest BCUT2D eigenvalue weighted by Gasteiger charge is -2.15.